The molecule has 0 aromatic heterocycles. The van der Waals surface area contributed by atoms with Gasteiger partial charge in [0.2, 0.25) is 16.6 Å². The lowest BCUT2D eigenvalue weighted by molar-refractivity contribution is -0.138. The highest BCUT2D eigenvalue weighted by Gasteiger charge is 2.48. The normalized spacial score (nSPS) is 12.9. The first-order valence-electron chi connectivity index (χ1n) is 37.3. The first kappa shape index (κ1) is 116. The summed E-state index contributed by atoms with van der Waals surface area (Å²) in [7, 11) is -17.8. The molecule has 626 valence electrons. The van der Waals surface area contributed by atoms with Crippen LogP contribution < -0.4 is 10.4 Å². The van der Waals surface area contributed by atoms with Crippen LogP contribution in [0.15, 0.2) is 109 Å². The third-order valence-corrected chi connectivity index (χ3v) is 57.8. The molecular weight excluding hydrogens is 1590 g/mol. The summed E-state index contributed by atoms with van der Waals surface area (Å²) in [6, 6.07) is 27.0. The number of rotatable bonds is 34. The van der Waals surface area contributed by atoms with E-state index in [1.54, 1.807) is 41.4 Å². The van der Waals surface area contributed by atoms with Crippen LogP contribution in [0.4, 0.5) is 13.2 Å². The van der Waals surface area contributed by atoms with E-state index >= 15 is 0 Å². The van der Waals surface area contributed by atoms with Crippen LogP contribution in [0.25, 0.3) is 0 Å². The van der Waals surface area contributed by atoms with E-state index in [1.165, 1.54) is 33.4 Å². The highest BCUT2D eigenvalue weighted by molar-refractivity contribution is 6.98. The number of hydrogen-bond acceptors (Lipinski definition) is 16. The maximum absolute atomic E-state index is 12.7. The van der Waals surface area contributed by atoms with Gasteiger partial charge in [0.15, 0.2) is 68.0 Å². The molecular formula is C74H157F3O16Si14. The average molecular weight is 1750 g/mol. The summed E-state index contributed by atoms with van der Waals surface area (Å²) >= 11 is 0. The van der Waals surface area contributed by atoms with Gasteiger partial charge in [-0.15, -0.1) is 0 Å². The molecule has 0 bridgehead atoms. The number of halogens is 3. The van der Waals surface area contributed by atoms with Gasteiger partial charge in [-0.05, 0) is 219 Å². The molecule has 0 amide bonds. The number of hydrogen-bond donors (Lipinski definition) is 0. The second kappa shape index (κ2) is 53.0. The van der Waals surface area contributed by atoms with E-state index in [0.29, 0.717) is 28.5 Å². The van der Waals surface area contributed by atoms with Gasteiger partial charge in [-0.25, -0.2) is 19.2 Å². The SMILES string of the molecule is C=C(C)C(=O)OC.C=C(C)C(=O)OC.C=C(C)C(=O)OC[Si](C)(C)O[Si](C)(C)CC[Si](C)(C)O[Si](C)(CCC(F)(F)F)OC.C=C(C)C(=O)OC[Si](C)(C)O[Si](C)(C)CC[Si](C)(C)O[Si](OC)(c1ccccc1)c1ccccc1.CC[Si](C)(C)C.CC[Si](C)(C)C.C[SiH](C)O[Si](C)(C)C.C[SiH](C)O[Si](C)(C)C. The van der Waals surface area contributed by atoms with Crippen molar-refractivity contribution in [3.05, 3.63) is 109 Å². The van der Waals surface area contributed by atoms with Crippen molar-refractivity contribution in [2.75, 3.05) is 40.9 Å². The molecule has 0 aliphatic rings. The summed E-state index contributed by atoms with van der Waals surface area (Å²) in [5.41, 5.74) is 1.64. The Morgan fingerprint density at radius 1 is 0.383 bits per heavy atom. The number of ether oxygens (including phenoxy) is 4. The molecule has 0 N–H and O–H groups in total. The Kier molecular flexibility index (Phi) is 57.3. The van der Waals surface area contributed by atoms with E-state index in [1.807, 2.05) is 62.6 Å². The second-order valence-corrected chi connectivity index (χ2v) is 94.7. The van der Waals surface area contributed by atoms with Gasteiger partial charge in [-0.2, -0.15) is 13.2 Å². The molecule has 0 aliphatic heterocycles. The average Bonchev–Trinajstić information content (AvgIpc) is 0.772. The first-order valence-corrected chi connectivity index (χ1v) is 80.2. The Morgan fingerprint density at radius 3 is 0.813 bits per heavy atom. The van der Waals surface area contributed by atoms with Gasteiger partial charge in [0.25, 0.3) is 0 Å². The molecule has 0 saturated carbocycles. The Bertz CT molecular complexity index is 2780. The molecule has 0 saturated heterocycles. The second-order valence-electron chi connectivity index (χ2n) is 35.6. The van der Waals surface area contributed by atoms with Crippen LogP contribution >= 0.6 is 0 Å². The van der Waals surface area contributed by atoms with Crippen LogP contribution in [0.1, 0.15) is 48.0 Å². The van der Waals surface area contributed by atoms with Crippen molar-refractivity contribution in [3.8, 4) is 0 Å². The summed E-state index contributed by atoms with van der Waals surface area (Å²) in [5.74, 6) is -1.46. The van der Waals surface area contributed by atoms with Crippen molar-refractivity contribution in [2.24, 2.45) is 0 Å². The Balaban J connectivity index is -0.000000312. The van der Waals surface area contributed by atoms with E-state index in [0.717, 1.165) is 34.5 Å². The highest BCUT2D eigenvalue weighted by Crippen LogP contribution is 2.33. The van der Waals surface area contributed by atoms with Crippen molar-refractivity contribution in [3.63, 3.8) is 0 Å². The van der Waals surface area contributed by atoms with Crippen LogP contribution in [-0.4, -0.2) is 189 Å². The summed E-state index contributed by atoms with van der Waals surface area (Å²) in [5, 5.41) is 2.24. The van der Waals surface area contributed by atoms with E-state index in [-0.39, 0.29) is 30.2 Å². The zero-order valence-corrected chi connectivity index (χ0v) is 89.3. The van der Waals surface area contributed by atoms with Crippen molar-refractivity contribution < 1.29 is 84.8 Å². The fourth-order valence-electron chi connectivity index (χ4n) is 8.86. The van der Waals surface area contributed by atoms with Gasteiger partial charge in [-0.1, -0.05) is 152 Å². The maximum atomic E-state index is 12.7. The number of benzene rings is 2. The third-order valence-electron chi connectivity index (χ3n) is 14.7. The zero-order chi connectivity index (χ0) is 86.1. The Hall–Kier alpha value is -2.21. The zero-order valence-electron chi connectivity index (χ0n) is 75.0. The molecule has 107 heavy (non-hydrogen) atoms. The minimum absolute atomic E-state index is 0.102. The quantitative estimate of drug-likeness (QED) is 0.0279. The van der Waals surface area contributed by atoms with Crippen molar-refractivity contribution in [1.29, 1.82) is 0 Å². The molecule has 0 radical (unpaired) electrons. The topological polar surface area (TPSA) is 179 Å². The predicted octanol–water partition coefficient (Wildman–Crippen LogP) is 21.0. The molecule has 1 unspecified atom stereocenters. The van der Waals surface area contributed by atoms with E-state index in [4.69, 9.17) is 43.0 Å². The van der Waals surface area contributed by atoms with E-state index < -0.39 is 136 Å². The lowest BCUT2D eigenvalue weighted by atomic mass is 10.4. The summed E-state index contributed by atoms with van der Waals surface area (Å²) < 4.78 is 107. The van der Waals surface area contributed by atoms with E-state index in [9.17, 15) is 32.3 Å². The molecule has 0 heterocycles. The summed E-state index contributed by atoms with van der Waals surface area (Å²) in [6.45, 7) is 88.8. The smallest absolute Gasteiger partial charge is 0.396 e. The largest absolute Gasteiger partial charge is 0.466 e. The van der Waals surface area contributed by atoms with Gasteiger partial charge < -0.3 is 52.5 Å². The van der Waals surface area contributed by atoms with Gasteiger partial charge in [-0.3, -0.25) is 0 Å². The highest BCUT2D eigenvalue weighted by atomic mass is 28.5. The Labute approximate surface area is 668 Å². The lowest BCUT2D eigenvalue weighted by Crippen LogP contribution is -2.66. The first-order chi connectivity index (χ1) is 47.8. The summed E-state index contributed by atoms with van der Waals surface area (Å²) in [6.07, 6.45) is -4.50. The number of esters is 4. The van der Waals surface area contributed by atoms with Crippen LogP contribution in [0, 0.1) is 0 Å². The van der Waals surface area contributed by atoms with E-state index in [2.05, 4.69) is 231 Å². The van der Waals surface area contributed by atoms with Gasteiger partial charge in [0.1, 0.15) is 12.5 Å². The molecule has 0 spiro atoms. The van der Waals surface area contributed by atoms with Gasteiger partial charge in [0.05, 0.1) is 14.2 Å². The standard InChI is InChI=1S/C26H42O5Si4.C18H39F3O5Si4.2C5H8O2.2C5H16OSi2.2C5H14Si/c1-23(2)26(27)29-22-34(8,9)30-32(4,5)20-21-33(6,7)31-35(28-3,24-16-12-10-13-17-24)25-18-14-11-15-19-25;1-16(2)17(22)24-15-29(8,9)25-27(4,5)13-14-28(6,7)26-30(10,23-3)12-11-18(19,20)21;2*1-4(2)5(6)7-3;2*1-7(2)6-8(3,4)5;2*1-5-6(2,3)4/h10-19H,1,20-22H2,2-9H3;1,11-15H2,2-10H3;2*1H2,2-3H3;2*7H,1-5H3;2*5H2,1-4H3. The Morgan fingerprint density at radius 2 is 0.636 bits per heavy atom. The molecule has 1 atom stereocenters. The van der Waals surface area contributed by atoms with Crippen LogP contribution in [0.5, 0.6) is 0 Å². The van der Waals surface area contributed by atoms with Crippen LogP contribution in [0.2, 0.25) is 232 Å². The van der Waals surface area contributed by atoms with Crippen molar-refractivity contribution in [1.82, 2.24) is 0 Å². The molecule has 0 aliphatic carbocycles. The third kappa shape index (κ3) is 69.1. The molecule has 2 aromatic rings. The molecule has 16 nitrogen and oxygen atoms in total. The molecule has 33 heteroatoms. The monoisotopic (exact) mass is 1750 g/mol. The van der Waals surface area contributed by atoms with Crippen molar-refractivity contribution >= 4 is 152 Å². The van der Waals surface area contributed by atoms with Crippen molar-refractivity contribution in [2.45, 2.75) is 286 Å². The maximum Gasteiger partial charge on any atom is 0.396 e. The molecule has 0 fully saturated rings. The molecule has 2 aromatic carbocycles. The predicted molar refractivity (Wildman–Crippen MR) is 487 cm³/mol. The number of carbonyl (C=O) groups is 4. The minimum atomic E-state index is -4.21. The fraction of sp³-hybridized carbons (Fsp3) is 0.676. The minimum Gasteiger partial charge on any atom is -0.466 e. The summed E-state index contributed by atoms with van der Waals surface area (Å²) in [4.78, 5) is 43.9. The number of methoxy groups -OCH3 is 2. The molecule has 2 rings (SSSR count). The van der Waals surface area contributed by atoms with Gasteiger partial charge >= 0.3 is 47.2 Å². The van der Waals surface area contributed by atoms with Crippen LogP contribution in [-0.2, 0) is 71.7 Å². The van der Waals surface area contributed by atoms with Gasteiger partial charge in [0, 0.05) is 59.1 Å². The number of alkyl halides is 3. The fourth-order valence-corrected chi connectivity index (χ4v) is 57.7. The number of carbonyl (C=O) groups excluding carboxylic acids is 4. The van der Waals surface area contributed by atoms with Crippen LogP contribution in [0.3, 0.4) is 0 Å². The lowest BCUT2D eigenvalue weighted by Gasteiger charge is -2.39.